The van der Waals surface area contributed by atoms with Gasteiger partial charge in [-0.1, -0.05) is 11.3 Å². The molecule has 6 heteroatoms. The molecule has 5 nitrogen and oxygen atoms in total. The van der Waals surface area contributed by atoms with Gasteiger partial charge in [-0.05, 0) is 13.8 Å². The quantitative estimate of drug-likeness (QED) is 0.813. The predicted molar refractivity (Wildman–Crippen MR) is 54.0 cm³/mol. The Bertz CT molecular complexity index is 471. The molecule has 0 radical (unpaired) electrons. The van der Waals surface area contributed by atoms with Crippen LogP contribution in [0.3, 0.4) is 0 Å². The van der Waals surface area contributed by atoms with Crippen LogP contribution in [-0.2, 0) is 28.3 Å². The molecule has 0 spiro atoms. The maximum atomic E-state index is 11.5. The van der Waals surface area contributed by atoms with Gasteiger partial charge in [-0.25, -0.2) is 0 Å². The highest BCUT2D eigenvalue weighted by Gasteiger charge is 2.36. The second-order valence-electron chi connectivity index (χ2n) is 3.92. The molecule has 0 unspecified atom stereocenters. The molecule has 0 bridgehead atoms. The zero-order chi connectivity index (χ0) is 11.2. The van der Waals surface area contributed by atoms with Crippen LogP contribution < -0.4 is 4.87 Å². The Balaban J connectivity index is 2.56. The van der Waals surface area contributed by atoms with Crippen LogP contribution in [-0.4, -0.2) is 15.6 Å². The Morgan fingerprint density at radius 1 is 1.67 bits per heavy atom. The van der Waals surface area contributed by atoms with E-state index in [-0.39, 0.29) is 11.4 Å². The molecular weight excluding hydrogens is 218 g/mol. The number of fused-ring (bicyclic) bond motifs is 1. The highest BCUT2D eigenvalue weighted by Crippen LogP contribution is 2.36. The molecule has 0 aliphatic carbocycles. The number of aromatic nitrogens is 1. The number of aliphatic carboxylic acids is 1. The standard InChI is InChI=1S/C9H11NO4S/c1-9(2)7-5(4-14-9)15-8(13)10(7)3-6(11)12/h3-4H2,1-2H3,(H,11,12). The van der Waals surface area contributed by atoms with Crippen molar-refractivity contribution in [2.75, 3.05) is 0 Å². The van der Waals surface area contributed by atoms with E-state index in [0.29, 0.717) is 12.3 Å². The first kappa shape index (κ1) is 10.4. The van der Waals surface area contributed by atoms with Crippen molar-refractivity contribution in [1.82, 2.24) is 4.57 Å². The number of carboxylic acids is 1. The molecular formula is C9H11NO4S. The molecule has 82 valence electrons. The minimum atomic E-state index is -1.01. The molecule has 0 fully saturated rings. The molecule has 2 heterocycles. The minimum Gasteiger partial charge on any atom is -0.480 e. The van der Waals surface area contributed by atoms with Crippen LogP contribution in [0.2, 0.25) is 0 Å². The predicted octanol–water partition coefficient (Wildman–Crippen LogP) is 0.760. The average molecular weight is 229 g/mol. The topological polar surface area (TPSA) is 68.5 Å². The monoisotopic (exact) mass is 229 g/mol. The van der Waals surface area contributed by atoms with Gasteiger partial charge in [0, 0.05) is 0 Å². The van der Waals surface area contributed by atoms with E-state index in [9.17, 15) is 9.59 Å². The number of thiazole rings is 1. The fourth-order valence-corrected chi connectivity index (χ4v) is 2.85. The first-order valence-corrected chi connectivity index (χ1v) is 5.32. The maximum absolute atomic E-state index is 11.5. The van der Waals surface area contributed by atoms with Crippen LogP contribution in [0.4, 0.5) is 0 Å². The number of hydrogen-bond donors (Lipinski definition) is 1. The molecule has 1 aromatic rings. The summed E-state index contributed by atoms with van der Waals surface area (Å²) in [5, 5.41) is 8.72. The molecule has 0 saturated carbocycles. The second-order valence-corrected chi connectivity index (χ2v) is 4.96. The summed E-state index contributed by atoms with van der Waals surface area (Å²) in [6, 6.07) is 0. The first-order chi connectivity index (χ1) is 6.92. The van der Waals surface area contributed by atoms with Crippen LogP contribution in [0.1, 0.15) is 24.4 Å². The van der Waals surface area contributed by atoms with E-state index in [4.69, 9.17) is 9.84 Å². The molecule has 0 saturated heterocycles. The molecule has 1 N–H and O–H groups in total. The molecule has 1 aromatic heterocycles. The average Bonchev–Trinajstić information content (AvgIpc) is 2.53. The van der Waals surface area contributed by atoms with E-state index in [2.05, 4.69) is 0 Å². The fourth-order valence-electron chi connectivity index (χ4n) is 1.80. The normalized spacial score (nSPS) is 17.7. The lowest BCUT2D eigenvalue weighted by Gasteiger charge is -2.19. The fraction of sp³-hybridized carbons (Fsp3) is 0.556. The van der Waals surface area contributed by atoms with E-state index >= 15 is 0 Å². The third-order valence-electron chi connectivity index (χ3n) is 2.39. The van der Waals surface area contributed by atoms with Crippen LogP contribution in [0.15, 0.2) is 4.79 Å². The minimum absolute atomic E-state index is 0.223. The summed E-state index contributed by atoms with van der Waals surface area (Å²) in [4.78, 5) is 22.8. The Morgan fingerprint density at radius 3 is 2.93 bits per heavy atom. The Morgan fingerprint density at radius 2 is 2.33 bits per heavy atom. The number of rotatable bonds is 2. The van der Waals surface area contributed by atoms with Gasteiger partial charge in [0.2, 0.25) is 0 Å². The summed E-state index contributed by atoms with van der Waals surface area (Å²) in [5.41, 5.74) is 0.143. The van der Waals surface area contributed by atoms with Crippen molar-refractivity contribution in [2.45, 2.75) is 32.6 Å². The molecule has 2 rings (SSSR count). The van der Waals surface area contributed by atoms with Crippen LogP contribution in [0.25, 0.3) is 0 Å². The number of nitrogens with zero attached hydrogens (tertiary/aromatic N) is 1. The van der Waals surface area contributed by atoms with Crippen LogP contribution in [0.5, 0.6) is 0 Å². The van der Waals surface area contributed by atoms with E-state index in [1.54, 1.807) is 0 Å². The van der Waals surface area contributed by atoms with Crippen molar-refractivity contribution in [1.29, 1.82) is 0 Å². The zero-order valence-corrected chi connectivity index (χ0v) is 9.26. The van der Waals surface area contributed by atoms with E-state index in [1.807, 2.05) is 13.8 Å². The van der Waals surface area contributed by atoms with Gasteiger partial charge in [0.15, 0.2) is 0 Å². The van der Waals surface area contributed by atoms with E-state index in [1.165, 1.54) is 4.57 Å². The maximum Gasteiger partial charge on any atom is 0.323 e. The van der Waals surface area contributed by atoms with Gasteiger partial charge in [-0.3, -0.25) is 14.2 Å². The van der Waals surface area contributed by atoms with Gasteiger partial charge in [-0.15, -0.1) is 0 Å². The van der Waals surface area contributed by atoms with Gasteiger partial charge in [-0.2, -0.15) is 0 Å². The summed E-state index contributed by atoms with van der Waals surface area (Å²) >= 11 is 1.07. The summed E-state index contributed by atoms with van der Waals surface area (Å²) < 4.78 is 6.77. The summed E-state index contributed by atoms with van der Waals surface area (Å²) in [5.74, 6) is -1.01. The van der Waals surface area contributed by atoms with Crippen molar-refractivity contribution in [2.24, 2.45) is 0 Å². The molecule has 0 aromatic carbocycles. The van der Waals surface area contributed by atoms with E-state index < -0.39 is 11.6 Å². The zero-order valence-electron chi connectivity index (χ0n) is 8.44. The highest BCUT2D eigenvalue weighted by molar-refractivity contribution is 7.09. The van der Waals surface area contributed by atoms with Crippen molar-refractivity contribution in [3.05, 3.63) is 20.2 Å². The largest absolute Gasteiger partial charge is 0.480 e. The summed E-state index contributed by atoms with van der Waals surface area (Å²) in [6.07, 6.45) is 0. The third kappa shape index (κ3) is 1.59. The lowest BCUT2D eigenvalue weighted by molar-refractivity contribution is -0.137. The molecule has 15 heavy (non-hydrogen) atoms. The van der Waals surface area contributed by atoms with Gasteiger partial charge in [0.1, 0.15) is 12.1 Å². The van der Waals surface area contributed by atoms with Crippen LogP contribution >= 0.6 is 11.3 Å². The van der Waals surface area contributed by atoms with E-state index in [0.717, 1.165) is 16.2 Å². The SMILES string of the molecule is CC1(C)OCc2sc(=O)n(CC(=O)O)c21. The van der Waals surface area contributed by atoms with Crippen molar-refractivity contribution in [3.8, 4) is 0 Å². The van der Waals surface area contributed by atoms with Crippen molar-refractivity contribution < 1.29 is 14.6 Å². The highest BCUT2D eigenvalue weighted by atomic mass is 32.1. The van der Waals surface area contributed by atoms with Crippen molar-refractivity contribution in [3.63, 3.8) is 0 Å². The second kappa shape index (κ2) is 3.18. The Hall–Kier alpha value is -1.14. The van der Waals surface area contributed by atoms with Crippen LogP contribution in [0, 0.1) is 0 Å². The Labute approximate surface area is 89.9 Å². The van der Waals surface area contributed by atoms with Gasteiger partial charge < -0.3 is 9.84 Å². The van der Waals surface area contributed by atoms with Gasteiger partial charge in [0.05, 0.1) is 17.2 Å². The van der Waals surface area contributed by atoms with Gasteiger partial charge in [0.25, 0.3) is 0 Å². The summed E-state index contributed by atoms with van der Waals surface area (Å²) in [6.45, 7) is 3.78. The number of carboxylic acid groups (broad SMARTS) is 1. The number of carbonyl (C=O) groups is 1. The number of ether oxygens (including phenoxy) is 1. The molecule has 1 aliphatic heterocycles. The molecule has 0 amide bonds. The smallest absolute Gasteiger partial charge is 0.323 e. The lowest BCUT2D eigenvalue weighted by Crippen LogP contribution is -2.28. The first-order valence-electron chi connectivity index (χ1n) is 4.50. The summed E-state index contributed by atoms with van der Waals surface area (Å²) in [7, 11) is 0. The Kier molecular flexibility index (Phi) is 2.20. The number of hydrogen-bond acceptors (Lipinski definition) is 4. The van der Waals surface area contributed by atoms with Gasteiger partial charge >= 0.3 is 10.8 Å². The van der Waals surface area contributed by atoms with Crippen molar-refractivity contribution >= 4 is 17.3 Å². The lowest BCUT2D eigenvalue weighted by atomic mass is 10.1. The third-order valence-corrected chi connectivity index (χ3v) is 3.35. The molecule has 0 atom stereocenters. The molecule has 1 aliphatic rings.